The second-order valence-corrected chi connectivity index (χ2v) is 6.15. The standard InChI is InChI=1S/C16H9Cl3N2O3/c17-8-1-4-10(5-2-8)21-15(23)13(19)14(16(21)24)20-11-7-9(18)3-6-12(11)22/h1-7,20,22H. The van der Waals surface area contributed by atoms with Crippen LogP contribution in [0.2, 0.25) is 10.0 Å². The van der Waals surface area contributed by atoms with E-state index in [0.717, 1.165) is 4.90 Å². The van der Waals surface area contributed by atoms with Crippen molar-refractivity contribution in [1.29, 1.82) is 0 Å². The fourth-order valence-electron chi connectivity index (χ4n) is 2.18. The number of nitrogens with zero attached hydrogens (tertiary/aromatic N) is 1. The first-order valence-corrected chi connectivity index (χ1v) is 7.81. The number of amides is 2. The molecule has 2 aromatic rings. The number of aromatic hydroxyl groups is 1. The van der Waals surface area contributed by atoms with E-state index in [1.54, 1.807) is 12.1 Å². The molecule has 1 heterocycles. The normalized spacial score (nSPS) is 14.5. The zero-order chi connectivity index (χ0) is 17.4. The molecule has 0 fully saturated rings. The zero-order valence-corrected chi connectivity index (χ0v) is 14.2. The Balaban J connectivity index is 1.94. The van der Waals surface area contributed by atoms with E-state index >= 15 is 0 Å². The molecule has 0 spiro atoms. The molecule has 0 saturated heterocycles. The Labute approximate surface area is 152 Å². The van der Waals surface area contributed by atoms with Gasteiger partial charge in [-0.05, 0) is 42.5 Å². The summed E-state index contributed by atoms with van der Waals surface area (Å²) in [6.07, 6.45) is 0. The maximum atomic E-state index is 12.6. The molecule has 0 aromatic heterocycles. The summed E-state index contributed by atoms with van der Waals surface area (Å²) < 4.78 is 0. The SMILES string of the molecule is O=C1C(Cl)=C(Nc2cc(Cl)ccc2O)C(=O)N1c1ccc(Cl)cc1. The van der Waals surface area contributed by atoms with Crippen molar-refractivity contribution in [3.8, 4) is 5.75 Å². The van der Waals surface area contributed by atoms with Crippen molar-refractivity contribution < 1.29 is 14.7 Å². The van der Waals surface area contributed by atoms with E-state index in [2.05, 4.69) is 5.32 Å². The van der Waals surface area contributed by atoms with Gasteiger partial charge in [-0.2, -0.15) is 0 Å². The highest BCUT2D eigenvalue weighted by molar-refractivity contribution is 6.53. The lowest BCUT2D eigenvalue weighted by Crippen LogP contribution is -2.32. The molecule has 1 aliphatic rings. The van der Waals surface area contributed by atoms with Gasteiger partial charge in [0.1, 0.15) is 16.5 Å². The third kappa shape index (κ3) is 2.94. The van der Waals surface area contributed by atoms with Crippen LogP contribution >= 0.6 is 34.8 Å². The summed E-state index contributed by atoms with van der Waals surface area (Å²) in [5, 5.41) is 13.0. The van der Waals surface area contributed by atoms with Crippen LogP contribution in [0.1, 0.15) is 0 Å². The Hall–Kier alpha value is -2.21. The van der Waals surface area contributed by atoms with Crippen LogP contribution in [0.4, 0.5) is 11.4 Å². The second-order valence-electron chi connectivity index (χ2n) is 4.90. The molecule has 122 valence electrons. The fraction of sp³-hybridized carbons (Fsp3) is 0. The summed E-state index contributed by atoms with van der Waals surface area (Å²) in [6.45, 7) is 0. The number of hydrogen-bond donors (Lipinski definition) is 2. The van der Waals surface area contributed by atoms with E-state index < -0.39 is 11.8 Å². The van der Waals surface area contributed by atoms with Crippen molar-refractivity contribution >= 4 is 58.0 Å². The Morgan fingerprint density at radius 1 is 0.875 bits per heavy atom. The number of phenolic OH excluding ortho intramolecular Hbond substituents is 1. The minimum absolute atomic E-state index is 0.137. The summed E-state index contributed by atoms with van der Waals surface area (Å²) in [7, 11) is 0. The van der Waals surface area contributed by atoms with Crippen molar-refractivity contribution in [2.45, 2.75) is 0 Å². The molecular weight excluding hydrogens is 375 g/mol. The predicted molar refractivity (Wildman–Crippen MR) is 93.6 cm³/mol. The van der Waals surface area contributed by atoms with Gasteiger partial charge in [0.2, 0.25) is 0 Å². The van der Waals surface area contributed by atoms with Gasteiger partial charge in [0.15, 0.2) is 0 Å². The van der Waals surface area contributed by atoms with E-state index in [9.17, 15) is 14.7 Å². The summed E-state index contributed by atoms with van der Waals surface area (Å²) in [6, 6.07) is 10.4. The lowest BCUT2D eigenvalue weighted by atomic mass is 10.2. The second kappa shape index (κ2) is 6.36. The highest BCUT2D eigenvalue weighted by Gasteiger charge is 2.39. The molecule has 5 nitrogen and oxygen atoms in total. The van der Waals surface area contributed by atoms with E-state index in [4.69, 9.17) is 34.8 Å². The van der Waals surface area contributed by atoms with Gasteiger partial charge in [-0.3, -0.25) is 9.59 Å². The highest BCUT2D eigenvalue weighted by Crippen LogP contribution is 2.33. The van der Waals surface area contributed by atoms with Crippen LogP contribution < -0.4 is 10.2 Å². The first kappa shape index (κ1) is 16.6. The monoisotopic (exact) mass is 382 g/mol. The number of rotatable bonds is 3. The maximum absolute atomic E-state index is 12.6. The maximum Gasteiger partial charge on any atom is 0.283 e. The van der Waals surface area contributed by atoms with Crippen LogP contribution in [-0.2, 0) is 9.59 Å². The number of hydrogen-bond acceptors (Lipinski definition) is 4. The number of halogens is 3. The van der Waals surface area contributed by atoms with Crippen LogP contribution in [0.25, 0.3) is 0 Å². The molecule has 1 aliphatic heterocycles. The fourth-order valence-corrected chi connectivity index (χ4v) is 2.69. The Bertz CT molecular complexity index is 879. The molecule has 0 bridgehead atoms. The largest absolute Gasteiger partial charge is 0.506 e. The van der Waals surface area contributed by atoms with Crippen LogP contribution in [0.3, 0.4) is 0 Å². The number of nitrogens with one attached hydrogen (secondary N) is 1. The van der Waals surface area contributed by atoms with Gasteiger partial charge in [0.25, 0.3) is 11.8 Å². The average molecular weight is 384 g/mol. The van der Waals surface area contributed by atoms with Crippen LogP contribution in [0.5, 0.6) is 5.75 Å². The lowest BCUT2D eigenvalue weighted by molar-refractivity contribution is -0.120. The van der Waals surface area contributed by atoms with Crippen molar-refractivity contribution in [3.63, 3.8) is 0 Å². The molecule has 3 rings (SSSR count). The van der Waals surface area contributed by atoms with Crippen molar-refractivity contribution in [2.75, 3.05) is 10.2 Å². The first-order valence-electron chi connectivity index (χ1n) is 6.68. The van der Waals surface area contributed by atoms with Crippen molar-refractivity contribution in [3.05, 3.63) is 63.2 Å². The van der Waals surface area contributed by atoms with Gasteiger partial charge in [0.05, 0.1) is 11.4 Å². The molecule has 2 N–H and O–H groups in total. The Kier molecular flexibility index (Phi) is 4.41. The topological polar surface area (TPSA) is 69.6 Å². The lowest BCUT2D eigenvalue weighted by Gasteiger charge is -2.15. The van der Waals surface area contributed by atoms with E-state index in [1.807, 2.05) is 0 Å². The van der Waals surface area contributed by atoms with Gasteiger partial charge in [-0.1, -0.05) is 34.8 Å². The number of benzene rings is 2. The van der Waals surface area contributed by atoms with E-state index in [-0.39, 0.29) is 22.2 Å². The van der Waals surface area contributed by atoms with Gasteiger partial charge in [0, 0.05) is 10.0 Å². The summed E-state index contributed by atoms with van der Waals surface area (Å²) in [5.41, 5.74) is 0.351. The van der Waals surface area contributed by atoms with Gasteiger partial charge in [-0.25, -0.2) is 4.90 Å². The summed E-state index contributed by atoms with van der Waals surface area (Å²) >= 11 is 17.7. The molecular formula is C16H9Cl3N2O3. The smallest absolute Gasteiger partial charge is 0.283 e. The number of phenols is 1. The molecule has 0 unspecified atom stereocenters. The summed E-state index contributed by atoms with van der Waals surface area (Å²) in [5.74, 6) is -1.46. The number of carbonyl (C=O) groups is 2. The number of anilines is 2. The van der Waals surface area contributed by atoms with Crippen LogP contribution in [-0.4, -0.2) is 16.9 Å². The third-order valence-electron chi connectivity index (χ3n) is 3.33. The predicted octanol–water partition coefficient (Wildman–Crippen LogP) is 4.13. The minimum Gasteiger partial charge on any atom is -0.506 e. The Morgan fingerprint density at radius 2 is 1.50 bits per heavy atom. The average Bonchev–Trinajstić information content (AvgIpc) is 2.76. The first-order chi connectivity index (χ1) is 11.4. The summed E-state index contributed by atoms with van der Waals surface area (Å²) in [4.78, 5) is 25.8. The molecule has 0 atom stereocenters. The highest BCUT2D eigenvalue weighted by atomic mass is 35.5. The molecule has 2 amide bonds. The van der Waals surface area contributed by atoms with E-state index in [0.29, 0.717) is 15.7 Å². The zero-order valence-electron chi connectivity index (χ0n) is 11.9. The van der Waals surface area contributed by atoms with E-state index in [1.165, 1.54) is 30.3 Å². The molecule has 24 heavy (non-hydrogen) atoms. The number of carbonyl (C=O) groups excluding carboxylic acids is 2. The minimum atomic E-state index is -0.673. The number of imide groups is 1. The Morgan fingerprint density at radius 3 is 2.17 bits per heavy atom. The van der Waals surface area contributed by atoms with Crippen molar-refractivity contribution in [2.24, 2.45) is 0 Å². The van der Waals surface area contributed by atoms with Crippen molar-refractivity contribution in [1.82, 2.24) is 0 Å². The van der Waals surface area contributed by atoms with Gasteiger partial charge < -0.3 is 10.4 Å². The molecule has 0 aliphatic carbocycles. The van der Waals surface area contributed by atoms with Crippen LogP contribution in [0.15, 0.2) is 53.2 Å². The van der Waals surface area contributed by atoms with Gasteiger partial charge in [-0.15, -0.1) is 0 Å². The third-order valence-corrected chi connectivity index (χ3v) is 4.17. The quantitative estimate of drug-likeness (QED) is 0.617. The van der Waals surface area contributed by atoms with Crippen LogP contribution in [0, 0.1) is 0 Å². The molecule has 0 radical (unpaired) electrons. The molecule has 2 aromatic carbocycles. The molecule has 0 saturated carbocycles. The van der Waals surface area contributed by atoms with Gasteiger partial charge >= 0.3 is 0 Å². The molecule has 8 heteroatoms.